The number of aromatic nitrogens is 1. The summed E-state index contributed by atoms with van der Waals surface area (Å²) in [7, 11) is 1.69. The molecule has 156 valence electrons. The van der Waals surface area contributed by atoms with E-state index in [-0.39, 0.29) is 59.5 Å². The summed E-state index contributed by atoms with van der Waals surface area (Å²) in [5, 5.41) is 6.88. The molecule has 2 heterocycles. The van der Waals surface area contributed by atoms with Gasteiger partial charge in [-0.05, 0) is 36.3 Å². The van der Waals surface area contributed by atoms with Crippen LogP contribution in [-0.4, -0.2) is 54.3 Å². The molecule has 3 aliphatic rings. The number of nitrogens with zero attached hydrogens (tertiary/aromatic N) is 3. The molecule has 2 N–H and O–H groups in total. The molecule has 1 aliphatic heterocycles. The Balaban J connectivity index is 0.00000240. The second-order valence-electron chi connectivity index (χ2n) is 7.49. The van der Waals surface area contributed by atoms with E-state index >= 15 is 0 Å². The van der Waals surface area contributed by atoms with Gasteiger partial charge in [-0.15, -0.1) is 24.0 Å². The standard InChI is InChI=1S/C20H24ClN5O2.HI/c1-22-20(23-7-6-12-2-5-15(21)25-11-12)24-8-9-26-18(27)16-13-3-4-14(10-13)17(16)19(26)28;/h2-5,11,13-14,16-17H,6-10H2,1H3,(H2,22,23,24);1H. The van der Waals surface area contributed by atoms with E-state index in [0.29, 0.717) is 30.7 Å². The van der Waals surface area contributed by atoms with Crippen LogP contribution in [0.4, 0.5) is 0 Å². The molecule has 0 radical (unpaired) electrons. The Bertz CT molecular complexity index is 799. The van der Waals surface area contributed by atoms with Gasteiger partial charge in [0, 0.05) is 32.9 Å². The Morgan fingerprint density at radius 1 is 1.17 bits per heavy atom. The second kappa shape index (κ2) is 9.42. The van der Waals surface area contributed by atoms with Gasteiger partial charge in [0.15, 0.2) is 5.96 Å². The number of carbonyl (C=O) groups excluding carboxylic acids is 2. The number of imide groups is 1. The van der Waals surface area contributed by atoms with Gasteiger partial charge in [-0.1, -0.05) is 29.8 Å². The maximum absolute atomic E-state index is 12.7. The third-order valence-electron chi connectivity index (χ3n) is 5.91. The predicted octanol–water partition coefficient (Wildman–Crippen LogP) is 1.87. The molecule has 9 heteroatoms. The van der Waals surface area contributed by atoms with Crippen molar-refractivity contribution in [3.8, 4) is 0 Å². The van der Waals surface area contributed by atoms with E-state index in [4.69, 9.17) is 11.6 Å². The number of halogens is 2. The van der Waals surface area contributed by atoms with Gasteiger partial charge in [0.2, 0.25) is 11.8 Å². The zero-order valence-corrected chi connectivity index (χ0v) is 19.3. The Hall–Kier alpha value is -1.68. The van der Waals surface area contributed by atoms with E-state index < -0.39 is 0 Å². The lowest BCUT2D eigenvalue weighted by Gasteiger charge is -2.18. The Labute approximate surface area is 192 Å². The normalized spacial score (nSPS) is 27.2. The van der Waals surface area contributed by atoms with Crippen molar-refractivity contribution in [1.29, 1.82) is 0 Å². The minimum absolute atomic E-state index is 0. The van der Waals surface area contributed by atoms with Crippen molar-refractivity contribution in [1.82, 2.24) is 20.5 Å². The summed E-state index contributed by atoms with van der Waals surface area (Å²) in [4.78, 5) is 35.0. The van der Waals surface area contributed by atoms with Crippen LogP contribution in [0, 0.1) is 23.7 Å². The highest BCUT2D eigenvalue weighted by atomic mass is 127. The first-order valence-electron chi connectivity index (χ1n) is 9.67. The molecular formula is C20H25ClIN5O2. The summed E-state index contributed by atoms with van der Waals surface area (Å²) in [6.45, 7) is 1.53. The summed E-state index contributed by atoms with van der Waals surface area (Å²) in [6, 6.07) is 3.71. The van der Waals surface area contributed by atoms with Crippen molar-refractivity contribution in [3.63, 3.8) is 0 Å². The average molecular weight is 530 g/mol. The van der Waals surface area contributed by atoms with Crippen molar-refractivity contribution in [3.05, 3.63) is 41.2 Å². The highest BCUT2D eigenvalue weighted by Crippen LogP contribution is 2.52. The summed E-state index contributed by atoms with van der Waals surface area (Å²) in [5.74, 6) is 0.866. The number of aliphatic imine (C=N–C) groups is 1. The Morgan fingerprint density at radius 3 is 2.41 bits per heavy atom. The molecule has 2 bridgehead atoms. The van der Waals surface area contributed by atoms with Crippen LogP contribution >= 0.6 is 35.6 Å². The minimum Gasteiger partial charge on any atom is -0.356 e. The van der Waals surface area contributed by atoms with Crippen molar-refractivity contribution < 1.29 is 9.59 Å². The van der Waals surface area contributed by atoms with Crippen LogP contribution in [0.3, 0.4) is 0 Å². The molecule has 0 spiro atoms. The maximum atomic E-state index is 12.7. The fourth-order valence-electron chi connectivity index (χ4n) is 4.57. The molecular weight excluding hydrogens is 505 g/mol. The highest BCUT2D eigenvalue weighted by molar-refractivity contribution is 14.0. The summed E-state index contributed by atoms with van der Waals surface area (Å²) in [5.41, 5.74) is 1.08. The van der Waals surface area contributed by atoms with Gasteiger partial charge in [0.25, 0.3) is 0 Å². The quantitative estimate of drug-likeness (QED) is 0.147. The molecule has 2 aliphatic carbocycles. The third kappa shape index (κ3) is 4.42. The van der Waals surface area contributed by atoms with Crippen LogP contribution in [-0.2, 0) is 16.0 Å². The van der Waals surface area contributed by atoms with Gasteiger partial charge in [-0.2, -0.15) is 0 Å². The SMILES string of the molecule is CN=C(NCCc1ccc(Cl)nc1)NCCN1C(=O)C2C3C=CC(C3)C2C1=O.I. The number of nitrogens with one attached hydrogen (secondary N) is 2. The van der Waals surface area contributed by atoms with Crippen LogP contribution in [0.25, 0.3) is 0 Å². The molecule has 2 fully saturated rings. The van der Waals surface area contributed by atoms with E-state index in [1.54, 1.807) is 19.3 Å². The van der Waals surface area contributed by atoms with Crippen LogP contribution in [0.15, 0.2) is 35.5 Å². The van der Waals surface area contributed by atoms with E-state index in [1.165, 1.54) is 4.90 Å². The van der Waals surface area contributed by atoms with Crippen LogP contribution < -0.4 is 10.6 Å². The highest BCUT2D eigenvalue weighted by Gasteiger charge is 2.58. The summed E-state index contributed by atoms with van der Waals surface area (Å²) >= 11 is 5.79. The zero-order chi connectivity index (χ0) is 19.7. The van der Waals surface area contributed by atoms with Gasteiger partial charge in [0.1, 0.15) is 5.15 Å². The van der Waals surface area contributed by atoms with E-state index in [1.807, 2.05) is 6.07 Å². The Kier molecular flexibility index (Phi) is 7.15. The molecule has 1 saturated carbocycles. The van der Waals surface area contributed by atoms with Crippen molar-refractivity contribution in [2.75, 3.05) is 26.7 Å². The van der Waals surface area contributed by atoms with E-state index in [9.17, 15) is 9.59 Å². The topological polar surface area (TPSA) is 86.7 Å². The number of likely N-dealkylation sites (tertiary alicyclic amines) is 1. The molecule has 1 aromatic heterocycles. The largest absolute Gasteiger partial charge is 0.356 e. The Morgan fingerprint density at radius 2 is 1.83 bits per heavy atom. The number of amides is 2. The van der Waals surface area contributed by atoms with Crippen molar-refractivity contribution in [2.24, 2.45) is 28.7 Å². The number of guanidine groups is 1. The molecule has 4 atom stereocenters. The van der Waals surface area contributed by atoms with Gasteiger partial charge < -0.3 is 10.6 Å². The molecule has 4 unspecified atom stereocenters. The number of allylic oxidation sites excluding steroid dienone is 2. The molecule has 7 nitrogen and oxygen atoms in total. The number of hydrogen-bond acceptors (Lipinski definition) is 4. The molecule has 2 amide bonds. The number of hydrogen-bond donors (Lipinski definition) is 2. The first-order valence-corrected chi connectivity index (χ1v) is 10.0. The fourth-order valence-corrected chi connectivity index (χ4v) is 4.68. The van der Waals surface area contributed by atoms with Gasteiger partial charge in [-0.3, -0.25) is 19.5 Å². The summed E-state index contributed by atoms with van der Waals surface area (Å²) in [6.07, 6.45) is 7.72. The van der Waals surface area contributed by atoms with Crippen molar-refractivity contribution >= 4 is 53.4 Å². The minimum atomic E-state index is -0.132. The maximum Gasteiger partial charge on any atom is 0.233 e. The van der Waals surface area contributed by atoms with Gasteiger partial charge in [-0.25, -0.2) is 4.98 Å². The van der Waals surface area contributed by atoms with Crippen LogP contribution in [0.5, 0.6) is 0 Å². The molecule has 1 saturated heterocycles. The van der Waals surface area contributed by atoms with Crippen LogP contribution in [0.2, 0.25) is 5.15 Å². The molecule has 4 rings (SSSR count). The smallest absolute Gasteiger partial charge is 0.233 e. The van der Waals surface area contributed by atoms with E-state index in [0.717, 1.165) is 18.4 Å². The number of carbonyl (C=O) groups is 2. The molecule has 1 aromatic rings. The zero-order valence-electron chi connectivity index (χ0n) is 16.2. The van der Waals surface area contributed by atoms with Gasteiger partial charge in [0.05, 0.1) is 11.8 Å². The molecule has 29 heavy (non-hydrogen) atoms. The van der Waals surface area contributed by atoms with E-state index in [2.05, 4.69) is 32.8 Å². The lowest BCUT2D eigenvalue weighted by atomic mass is 9.85. The first kappa shape index (κ1) is 22.0. The number of rotatable bonds is 6. The lowest BCUT2D eigenvalue weighted by molar-refractivity contribution is -0.140. The predicted molar refractivity (Wildman–Crippen MR) is 122 cm³/mol. The first-order chi connectivity index (χ1) is 13.6. The van der Waals surface area contributed by atoms with Crippen LogP contribution in [0.1, 0.15) is 12.0 Å². The van der Waals surface area contributed by atoms with Gasteiger partial charge >= 0.3 is 0 Å². The lowest BCUT2D eigenvalue weighted by Crippen LogP contribution is -2.44. The second-order valence-corrected chi connectivity index (χ2v) is 7.88. The number of fused-ring (bicyclic) bond motifs is 5. The number of pyridine rings is 1. The summed E-state index contributed by atoms with van der Waals surface area (Å²) < 4.78 is 0. The van der Waals surface area contributed by atoms with Crippen molar-refractivity contribution in [2.45, 2.75) is 12.8 Å². The fraction of sp³-hybridized carbons (Fsp3) is 0.500. The average Bonchev–Trinajstić information content (AvgIpc) is 3.37. The molecule has 0 aromatic carbocycles. The monoisotopic (exact) mass is 529 g/mol. The third-order valence-corrected chi connectivity index (χ3v) is 6.13.